The molecule has 4 heterocycles. The molecule has 0 amide bonds. The standard InChI is InChI=1S/C35H24N4O/c1-38-32-16-5-3-14-30(32)37-35(38)28-22-33-26(21-27(28)34-17-9-19-40-34)25-12-2-4-15-31(25)39(33)24-11-8-10-23(20-24)29-13-6-7-18-36-29/h2-22H,1H3. The van der Waals surface area contributed by atoms with E-state index < -0.39 is 0 Å². The molecule has 0 saturated carbocycles. The van der Waals surface area contributed by atoms with Gasteiger partial charge in [-0.1, -0.05) is 48.5 Å². The predicted molar refractivity (Wildman–Crippen MR) is 161 cm³/mol. The maximum absolute atomic E-state index is 5.96. The molecular weight excluding hydrogens is 492 g/mol. The van der Waals surface area contributed by atoms with Crippen molar-refractivity contribution in [3.63, 3.8) is 0 Å². The van der Waals surface area contributed by atoms with Crippen LogP contribution in [0.2, 0.25) is 0 Å². The van der Waals surface area contributed by atoms with Crippen LogP contribution in [0.5, 0.6) is 0 Å². The van der Waals surface area contributed by atoms with Gasteiger partial charge in [-0.3, -0.25) is 4.98 Å². The molecule has 0 spiro atoms. The van der Waals surface area contributed by atoms with E-state index in [-0.39, 0.29) is 0 Å². The molecule has 0 bridgehead atoms. The van der Waals surface area contributed by atoms with Crippen molar-refractivity contribution in [1.29, 1.82) is 0 Å². The molecule has 8 aromatic rings. The van der Waals surface area contributed by atoms with Gasteiger partial charge in [-0.25, -0.2) is 4.98 Å². The molecule has 5 heteroatoms. The molecule has 0 N–H and O–H groups in total. The van der Waals surface area contributed by atoms with Crippen molar-refractivity contribution < 1.29 is 4.42 Å². The van der Waals surface area contributed by atoms with Gasteiger partial charge in [0.05, 0.1) is 34.0 Å². The molecule has 0 aliphatic heterocycles. The molecule has 5 nitrogen and oxygen atoms in total. The van der Waals surface area contributed by atoms with E-state index in [1.807, 2.05) is 42.6 Å². The highest BCUT2D eigenvalue weighted by Gasteiger charge is 2.21. The number of pyridine rings is 1. The van der Waals surface area contributed by atoms with E-state index in [1.165, 1.54) is 5.39 Å². The van der Waals surface area contributed by atoms with Crippen LogP contribution in [0.25, 0.3) is 72.5 Å². The lowest BCUT2D eigenvalue weighted by molar-refractivity contribution is 0.582. The first kappa shape index (κ1) is 22.6. The van der Waals surface area contributed by atoms with Crippen molar-refractivity contribution in [3.05, 3.63) is 128 Å². The molecule has 190 valence electrons. The minimum Gasteiger partial charge on any atom is -0.464 e. The maximum atomic E-state index is 5.96. The Balaban J connectivity index is 1.46. The summed E-state index contributed by atoms with van der Waals surface area (Å²) >= 11 is 0. The molecule has 8 rings (SSSR count). The minimum atomic E-state index is 0.818. The summed E-state index contributed by atoms with van der Waals surface area (Å²) in [7, 11) is 2.08. The van der Waals surface area contributed by atoms with Gasteiger partial charge in [-0.05, 0) is 66.7 Å². The van der Waals surface area contributed by atoms with E-state index in [2.05, 4.69) is 100 Å². The summed E-state index contributed by atoms with van der Waals surface area (Å²) in [5.41, 5.74) is 9.45. The first-order valence-electron chi connectivity index (χ1n) is 13.3. The second-order valence-electron chi connectivity index (χ2n) is 9.99. The summed E-state index contributed by atoms with van der Waals surface area (Å²) in [5, 5.41) is 2.35. The van der Waals surface area contributed by atoms with E-state index in [4.69, 9.17) is 9.40 Å². The number of furan rings is 1. The summed E-state index contributed by atoms with van der Waals surface area (Å²) < 4.78 is 10.5. The fraction of sp³-hybridized carbons (Fsp3) is 0.0286. The minimum absolute atomic E-state index is 0.818. The number of imidazole rings is 1. The normalized spacial score (nSPS) is 11.6. The van der Waals surface area contributed by atoms with Crippen LogP contribution < -0.4 is 0 Å². The van der Waals surface area contributed by atoms with E-state index in [0.717, 1.165) is 67.1 Å². The monoisotopic (exact) mass is 516 g/mol. The number of benzene rings is 4. The van der Waals surface area contributed by atoms with Gasteiger partial charge in [0.15, 0.2) is 0 Å². The van der Waals surface area contributed by atoms with E-state index in [1.54, 1.807) is 6.26 Å². The third-order valence-electron chi connectivity index (χ3n) is 7.69. The predicted octanol–water partition coefficient (Wildman–Crippen LogP) is 8.66. The van der Waals surface area contributed by atoms with Crippen molar-refractivity contribution in [2.75, 3.05) is 0 Å². The van der Waals surface area contributed by atoms with Crippen molar-refractivity contribution >= 4 is 32.8 Å². The molecule has 0 aliphatic rings. The molecule has 4 aromatic carbocycles. The van der Waals surface area contributed by atoms with Gasteiger partial charge in [-0.15, -0.1) is 0 Å². The third-order valence-corrected chi connectivity index (χ3v) is 7.69. The lowest BCUT2D eigenvalue weighted by Gasteiger charge is -2.13. The summed E-state index contributed by atoms with van der Waals surface area (Å²) in [6.07, 6.45) is 3.56. The second kappa shape index (κ2) is 8.82. The molecule has 4 aromatic heterocycles. The van der Waals surface area contributed by atoms with Crippen LogP contribution >= 0.6 is 0 Å². The number of para-hydroxylation sites is 3. The smallest absolute Gasteiger partial charge is 0.141 e. The highest BCUT2D eigenvalue weighted by atomic mass is 16.3. The fourth-order valence-electron chi connectivity index (χ4n) is 5.84. The summed E-state index contributed by atoms with van der Waals surface area (Å²) in [6, 6.07) is 39.9. The average Bonchev–Trinajstić information content (AvgIpc) is 3.74. The molecule has 0 saturated heterocycles. The largest absolute Gasteiger partial charge is 0.464 e. The highest BCUT2D eigenvalue weighted by molar-refractivity contribution is 6.12. The molecule has 40 heavy (non-hydrogen) atoms. The Morgan fingerprint density at radius 3 is 2.33 bits per heavy atom. The van der Waals surface area contributed by atoms with Crippen LogP contribution in [0.4, 0.5) is 0 Å². The van der Waals surface area contributed by atoms with Crippen LogP contribution in [-0.4, -0.2) is 19.1 Å². The van der Waals surface area contributed by atoms with Gasteiger partial charge in [0.25, 0.3) is 0 Å². The topological polar surface area (TPSA) is 48.8 Å². The Morgan fingerprint density at radius 1 is 0.650 bits per heavy atom. The maximum Gasteiger partial charge on any atom is 0.141 e. The van der Waals surface area contributed by atoms with Gasteiger partial charge in [0, 0.05) is 46.4 Å². The van der Waals surface area contributed by atoms with Crippen LogP contribution in [0, 0.1) is 0 Å². The lowest BCUT2D eigenvalue weighted by Crippen LogP contribution is -1.98. The molecule has 0 fully saturated rings. The van der Waals surface area contributed by atoms with Crippen LogP contribution in [-0.2, 0) is 7.05 Å². The summed E-state index contributed by atoms with van der Waals surface area (Å²) in [6.45, 7) is 0. The Morgan fingerprint density at radius 2 is 1.50 bits per heavy atom. The van der Waals surface area contributed by atoms with Gasteiger partial charge in [0.1, 0.15) is 11.6 Å². The number of rotatable bonds is 4. The van der Waals surface area contributed by atoms with Gasteiger partial charge in [-0.2, -0.15) is 0 Å². The summed E-state index contributed by atoms with van der Waals surface area (Å²) in [5.74, 6) is 1.71. The quantitative estimate of drug-likeness (QED) is 0.235. The molecular formula is C35H24N4O. The molecule has 0 atom stereocenters. The molecule has 0 radical (unpaired) electrons. The second-order valence-corrected chi connectivity index (χ2v) is 9.99. The molecule has 0 unspecified atom stereocenters. The number of nitrogens with zero attached hydrogens (tertiary/aromatic N) is 4. The van der Waals surface area contributed by atoms with Crippen LogP contribution in [0.1, 0.15) is 0 Å². The summed E-state index contributed by atoms with van der Waals surface area (Å²) in [4.78, 5) is 9.66. The van der Waals surface area contributed by atoms with Crippen LogP contribution in [0.3, 0.4) is 0 Å². The first-order valence-corrected chi connectivity index (χ1v) is 13.3. The third kappa shape index (κ3) is 3.41. The fourth-order valence-corrected chi connectivity index (χ4v) is 5.84. The van der Waals surface area contributed by atoms with Crippen molar-refractivity contribution in [2.45, 2.75) is 0 Å². The average molecular weight is 517 g/mol. The zero-order valence-corrected chi connectivity index (χ0v) is 21.8. The number of aromatic nitrogens is 4. The van der Waals surface area contributed by atoms with Gasteiger partial charge < -0.3 is 13.6 Å². The van der Waals surface area contributed by atoms with Gasteiger partial charge in [0.2, 0.25) is 0 Å². The van der Waals surface area contributed by atoms with Gasteiger partial charge >= 0.3 is 0 Å². The van der Waals surface area contributed by atoms with Crippen molar-refractivity contribution in [2.24, 2.45) is 7.05 Å². The Hall–Kier alpha value is -5.42. The van der Waals surface area contributed by atoms with E-state index in [0.29, 0.717) is 0 Å². The highest BCUT2D eigenvalue weighted by Crippen LogP contribution is 2.41. The zero-order chi connectivity index (χ0) is 26.6. The van der Waals surface area contributed by atoms with E-state index in [9.17, 15) is 0 Å². The number of hydrogen-bond donors (Lipinski definition) is 0. The SMILES string of the molecule is Cn1c(-c2cc3c(cc2-c2ccco2)c2ccccc2n3-c2cccc(-c3ccccn3)c2)nc2ccccc21. The first-order chi connectivity index (χ1) is 19.8. The number of aryl methyl sites for hydroxylation is 1. The Bertz CT molecular complexity index is 2170. The zero-order valence-electron chi connectivity index (χ0n) is 21.8. The number of fused-ring (bicyclic) bond motifs is 4. The Labute approximate surface area is 230 Å². The molecule has 0 aliphatic carbocycles. The Kier molecular flexibility index (Phi) is 4.97. The van der Waals surface area contributed by atoms with Crippen molar-refractivity contribution in [3.8, 4) is 39.7 Å². The van der Waals surface area contributed by atoms with Crippen molar-refractivity contribution in [1.82, 2.24) is 19.1 Å². The van der Waals surface area contributed by atoms with Crippen LogP contribution in [0.15, 0.2) is 132 Å². The lowest BCUT2D eigenvalue weighted by atomic mass is 10.0. The van der Waals surface area contributed by atoms with E-state index >= 15 is 0 Å². The number of hydrogen-bond acceptors (Lipinski definition) is 3.